The monoisotopic (exact) mass is 400 g/mol. The number of ether oxygens (including phenoxy) is 3. The van der Waals surface area contributed by atoms with E-state index >= 15 is 0 Å². The summed E-state index contributed by atoms with van der Waals surface area (Å²) >= 11 is 0. The maximum absolute atomic E-state index is 5.51. The molecule has 0 aliphatic rings. The normalized spacial score (nSPS) is 11.5. The summed E-state index contributed by atoms with van der Waals surface area (Å²) in [6, 6.07) is 22.6. The number of aromatic amines is 1. The highest BCUT2D eigenvalue weighted by atomic mass is 16.5. The van der Waals surface area contributed by atoms with E-state index in [1.165, 1.54) is 5.39 Å². The van der Waals surface area contributed by atoms with Gasteiger partial charge in [0, 0.05) is 34.8 Å². The third kappa shape index (κ3) is 3.50. The summed E-state index contributed by atoms with van der Waals surface area (Å²) in [6.45, 7) is 0. The van der Waals surface area contributed by atoms with Crippen LogP contribution in [0.25, 0.3) is 22.2 Å². The molecule has 0 aliphatic carbocycles. The Labute approximate surface area is 175 Å². The van der Waals surface area contributed by atoms with Gasteiger partial charge in [-0.1, -0.05) is 36.4 Å². The molecule has 0 spiro atoms. The Balaban J connectivity index is 1.79. The van der Waals surface area contributed by atoms with Crippen LogP contribution in [0.3, 0.4) is 0 Å². The van der Waals surface area contributed by atoms with E-state index in [9.17, 15) is 0 Å². The lowest BCUT2D eigenvalue weighted by atomic mass is 9.98. The van der Waals surface area contributed by atoms with Gasteiger partial charge in [-0.25, -0.2) is 0 Å². The molecule has 3 aromatic carbocycles. The minimum absolute atomic E-state index is 0.561. The van der Waals surface area contributed by atoms with Gasteiger partial charge in [-0.05, 0) is 35.9 Å². The molecule has 4 rings (SSSR count). The average molecular weight is 400 g/mol. The fourth-order valence-corrected chi connectivity index (χ4v) is 3.71. The number of hydrogen-bond acceptors (Lipinski definition) is 4. The number of H-pyrrole nitrogens is 1. The van der Waals surface area contributed by atoms with Crippen LogP contribution in [0.5, 0.6) is 17.2 Å². The molecule has 0 saturated heterocycles. The van der Waals surface area contributed by atoms with E-state index in [0.29, 0.717) is 17.2 Å². The smallest absolute Gasteiger partial charge is 0.203 e. The molecule has 152 valence electrons. The van der Waals surface area contributed by atoms with Crippen LogP contribution in [0.1, 0.15) is 11.1 Å². The highest BCUT2D eigenvalue weighted by Crippen LogP contribution is 2.39. The number of fused-ring (bicyclic) bond motifs is 1. The molecule has 0 unspecified atom stereocenters. The lowest BCUT2D eigenvalue weighted by Gasteiger charge is -2.15. The van der Waals surface area contributed by atoms with Gasteiger partial charge < -0.3 is 19.2 Å². The van der Waals surface area contributed by atoms with Gasteiger partial charge in [0.1, 0.15) is 0 Å². The van der Waals surface area contributed by atoms with Gasteiger partial charge in [0.25, 0.3) is 0 Å². The summed E-state index contributed by atoms with van der Waals surface area (Å²) in [5.41, 5.74) is 6.01. The summed E-state index contributed by atoms with van der Waals surface area (Å²) in [4.78, 5) is 8.06. The molecule has 1 aromatic heterocycles. The van der Waals surface area contributed by atoms with Crippen LogP contribution in [-0.4, -0.2) is 39.1 Å². The van der Waals surface area contributed by atoms with Crippen LogP contribution < -0.4 is 14.2 Å². The number of aliphatic imine (C=N–C) groups is 1. The topological polar surface area (TPSA) is 55.8 Å². The van der Waals surface area contributed by atoms with E-state index in [1.54, 1.807) is 28.4 Å². The largest absolute Gasteiger partial charge is 0.493 e. The summed E-state index contributed by atoms with van der Waals surface area (Å²) in [5, 5.41) is 1.19. The van der Waals surface area contributed by atoms with Crippen LogP contribution in [-0.2, 0) is 0 Å². The van der Waals surface area contributed by atoms with Crippen LogP contribution in [0.15, 0.2) is 71.7 Å². The second-order valence-corrected chi connectivity index (χ2v) is 6.84. The molecule has 0 aliphatic heterocycles. The summed E-state index contributed by atoms with van der Waals surface area (Å²) in [5.74, 6) is 1.76. The first kappa shape index (κ1) is 19.6. The first-order valence-corrected chi connectivity index (χ1v) is 9.64. The van der Waals surface area contributed by atoms with Gasteiger partial charge >= 0.3 is 0 Å². The van der Waals surface area contributed by atoms with Gasteiger partial charge in [-0.15, -0.1) is 0 Å². The molecule has 0 fully saturated rings. The lowest BCUT2D eigenvalue weighted by Crippen LogP contribution is -2.06. The molecule has 5 heteroatoms. The molecule has 0 bridgehead atoms. The Morgan fingerprint density at radius 2 is 1.50 bits per heavy atom. The average Bonchev–Trinajstić information content (AvgIpc) is 3.23. The van der Waals surface area contributed by atoms with Crippen molar-refractivity contribution in [1.82, 2.24) is 4.98 Å². The van der Waals surface area contributed by atoms with E-state index in [4.69, 9.17) is 14.2 Å². The number of aromatic nitrogens is 1. The molecular formula is C25H24N2O3. The molecular weight excluding hydrogens is 376 g/mol. The zero-order valence-corrected chi connectivity index (χ0v) is 17.5. The number of methoxy groups -OCH3 is 3. The minimum atomic E-state index is 0.561. The first-order chi connectivity index (χ1) is 14.7. The Morgan fingerprint density at radius 3 is 2.13 bits per heavy atom. The predicted octanol–water partition coefficient (Wildman–Crippen LogP) is 5.33. The van der Waals surface area contributed by atoms with Crippen molar-refractivity contribution < 1.29 is 14.2 Å². The predicted molar refractivity (Wildman–Crippen MR) is 121 cm³/mol. The Morgan fingerprint density at radius 1 is 0.767 bits per heavy atom. The van der Waals surface area contributed by atoms with Crippen molar-refractivity contribution >= 4 is 16.6 Å². The Bertz CT molecular complexity index is 1170. The number of nitrogens with zero attached hydrogens (tertiary/aromatic N) is 1. The number of hydrogen-bond donors (Lipinski definition) is 1. The first-order valence-electron chi connectivity index (χ1n) is 9.64. The maximum Gasteiger partial charge on any atom is 0.203 e. The number of rotatable bonds is 6. The quantitative estimate of drug-likeness (QED) is 0.445. The van der Waals surface area contributed by atoms with Crippen molar-refractivity contribution in [2.75, 3.05) is 28.4 Å². The van der Waals surface area contributed by atoms with E-state index in [-0.39, 0.29) is 0 Å². The van der Waals surface area contributed by atoms with E-state index < -0.39 is 0 Å². The third-order valence-corrected chi connectivity index (χ3v) is 5.14. The fraction of sp³-hybridized carbons (Fsp3) is 0.160. The van der Waals surface area contributed by atoms with Crippen molar-refractivity contribution in [1.29, 1.82) is 0 Å². The summed E-state index contributed by atoms with van der Waals surface area (Å²) in [7, 11) is 6.60. The van der Waals surface area contributed by atoms with Gasteiger partial charge in [0.05, 0.1) is 27.0 Å². The minimum Gasteiger partial charge on any atom is -0.493 e. The molecule has 1 heterocycles. The number of para-hydroxylation sites is 1. The highest BCUT2D eigenvalue weighted by molar-refractivity contribution is 6.14. The van der Waals surface area contributed by atoms with Gasteiger partial charge in [0.2, 0.25) is 5.75 Å². The zero-order valence-electron chi connectivity index (χ0n) is 17.5. The molecule has 5 nitrogen and oxygen atoms in total. The fourth-order valence-electron chi connectivity index (χ4n) is 3.71. The van der Waals surface area contributed by atoms with Crippen molar-refractivity contribution in [3.8, 4) is 28.5 Å². The van der Waals surface area contributed by atoms with E-state index in [2.05, 4.69) is 46.4 Å². The van der Waals surface area contributed by atoms with Crippen molar-refractivity contribution in [2.45, 2.75) is 0 Å². The van der Waals surface area contributed by atoms with Crippen LogP contribution in [0, 0.1) is 0 Å². The standard InChI is InChI=1S/C25H24N2O3/c1-26-24(19-14-22(28-2)25(30-4)23(15-19)29-3)18-10-7-9-16(12-18)21-13-17-8-5-6-11-20(17)27-21/h5-15,27H,1-4H3. The van der Waals surface area contributed by atoms with Crippen molar-refractivity contribution in [2.24, 2.45) is 4.99 Å². The molecule has 0 atom stereocenters. The molecule has 1 N–H and O–H groups in total. The third-order valence-electron chi connectivity index (χ3n) is 5.14. The Kier molecular flexibility index (Phi) is 5.44. The van der Waals surface area contributed by atoms with Crippen molar-refractivity contribution in [3.05, 3.63) is 77.9 Å². The van der Waals surface area contributed by atoms with Crippen molar-refractivity contribution in [3.63, 3.8) is 0 Å². The summed E-state index contributed by atoms with van der Waals surface area (Å²) < 4.78 is 16.5. The molecule has 4 aromatic rings. The number of nitrogens with one attached hydrogen (secondary N) is 1. The van der Waals surface area contributed by atoms with E-state index in [1.807, 2.05) is 30.3 Å². The van der Waals surface area contributed by atoms with E-state index in [0.717, 1.165) is 33.6 Å². The SMILES string of the molecule is CN=C(c1cccc(-c2cc3ccccc3[nH]2)c1)c1cc(OC)c(OC)c(OC)c1. The van der Waals surface area contributed by atoms with Gasteiger partial charge in [-0.2, -0.15) is 0 Å². The van der Waals surface area contributed by atoms with Crippen LogP contribution in [0.2, 0.25) is 0 Å². The van der Waals surface area contributed by atoms with Gasteiger partial charge in [-0.3, -0.25) is 4.99 Å². The summed E-state index contributed by atoms with van der Waals surface area (Å²) in [6.07, 6.45) is 0. The second-order valence-electron chi connectivity index (χ2n) is 6.84. The molecule has 0 saturated carbocycles. The second kappa shape index (κ2) is 8.33. The van der Waals surface area contributed by atoms with Crippen LogP contribution >= 0.6 is 0 Å². The molecule has 30 heavy (non-hydrogen) atoms. The highest BCUT2D eigenvalue weighted by Gasteiger charge is 2.17. The zero-order chi connectivity index (χ0) is 21.1. The molecule has 0 amide bonds. The van der Waals surface area contributed by atoms with Crippen LogP contribution in [0.4, 0.5) is 0 Å². The van der Waals surface area contributed by atoms with Gasteiger partial charge in [0.15, 0.2) is 11.5 Å². The maximum atomic E-state index is 5.51. The molecule has 0 radical (unpaired) electrons. The Hall–Kier alpha value is -3.73. The number of benzene rings is 3. The lowest BCUT2D eigenvalue weighted by molar-refractivity contribution is 0.324.